The Hall–Kier alpha value is -0.470. The van der Waals surface area contributed by atoms with Crippen molar-refractivity contribution >= 4 is 33.2 Å². The predicted octanol–water partition coefficient (Wildman–Crippen LogP) is 2.60. The van der Waals surface area contributed by atoms with E-state index in [0.29, 0.717) is 16.4 Å². The first-order valence-corrected chi connectivity index (χ1v) is 7.76. The van der Waals surface area contributed by atoms with Crippen LogP contribution in [-0.4, -0.2) is 39.8 Å². The highest BCUT2D eigenvalue weighted by Gasteiger charge is 2.27. The molecule has 20 heavy (non-hydrogen) atoms. The molecule has 4 nitrogen and oxygen atoms in total. The molecule has 1 N–H and O–H groups in total. The van der Waals surface area contributed by atoms with E-state index in [-0.39, 0.29) is 14.9 Å². The molecule has 0 heterocycles. The molecule has 0 saturated carbocycles. The zero-order valence-corrected chi connectivity index (χ0v) is 13.2. The fourth-order valence-corrected chi connectivity index (χ4v) is 3.64. The SMILES string of the molecule is CNCc1cc(Cl)cc(S(=O)(=O)N(C)CC(F)F)c1Cl. The molecular weight excluding hydrogens is 333 g/mol. The summed E-state index contributed by atoms with van der Waals surface area (Å²) in [5.74, 6) is 0. The molecule has 0 bridgehead atoms. The van der Waals surface area contributed by atoms with E-state index in [1.807, 2.05) is 0 Å². The third-order valence-electron chi connectivity index (χ3n) is 2.53. The molecule has 0 aliphatic rings. The Morgan fingerprint density at radius 1 is 1.35 bits per heavy atom. The molecule has 0 spiro atoms. The second-order valence-electron chi connectivity index (χ2n) is 4.08. The Balaban J connectivity index is 3.31. The fraction of sp³-hybridized carbons (Fsp3) is 0.455. The highest BCUT2D eigenvalue weighted by Crippen LogP contribution is 2.31. The van der Waals surface area contributed by atoms with Crippen molar-refractivity contribution in [2.45, 2.75) is 17.9 Å². The molecule has 0 aromatic heterocycles. The molecule has 1 aromatic rings. The monoisotopic (exact) mass is 346 g/mol. The van der Waals surface area contributed by atoms with Crippen LogP contribution in [0.4, 0.5) is 8.78 Å². The molecule has 0 amide bonds. The Kier molecular flexibility index (Phi) is 6.15. The summed E-state index contributed by atoms with van der Waals surface area (Å²) in [4.78, 5) is -0.278. The summed E-state index contributed by atoms with van der Waals surface area (Å²) in [6.07, 6.45) is -2.77. The number of halogens is 4. The highest BCUT2D eigenvalue weighted by atomic mass is 35.5. The molecule has 114 valence electrons. The number of rotatable bonds is 6. The van der Waals surface area contributed by atoms with Crippen molar-refractivity contribution in [1.29, 1.82) is 0 Å². The summed E-state index contributed by atoms with van der Waals surface area (Å²) in [6, 6.07) is 2.67. The molecule has 0 aliphatic carbocycles. The van der Waals surface area contributed by atoms with Crippen LogP contribution in [0.5, 0.6) is 0 Å². The summed E-state index contributed by atoms with van der Waals surface area (Å²) in [5, 5.41) is 2.97. The number of nitrogens with one attached hydrogen (secondary N) is 1. The average molecular weight is 347 g/mol. The van der Waals surface area contributed by atoms with E-state index in [1.165, 1.54) is 6.07 Å². The van der Waals surface area contributed by atoms with Crippen molar-refractivity contribution in [3.05, 3.63) is 27.7 Å². The Labute approximate surface area is 126 Å². The number of nitrogens with zero attached hydrogens (tertiary/aromatic N) is 1. The first kappa shape index (κ1) is 17.6. The van der Waals surface area contributed by atoms with Crippen molar-refractivity contribution in [2.75, 3.05) is 20.6 Å². The smallest absolute Gasteiger partial charge is 0.252 e. The lowest BCUT2D eigenvalue weighted by Crippen LogP contribution is -2.31. The minimum absolute atomic E-state index is 0.0233. The van der Waals surface area contributed by atoms with Crippen molar-refractivity contribution in [2.24, 2.45) is 0 Å². The maximum Gasteiger partial charge on any atom is 0.252 e. The van der Waals surface area contributed by atoms with Gasteiger partial charge in [-0.05, 0) is 24.7 Å². The zero-order chi connectivity index (χ0) is 15.5. The van der Waals surface area contributed by atoms with Crippen LogP contribution in [0.2, 0.25) is 10.0 Å². The van der Waals surface area contributed by atoms with E-state index in [4.69, 9.17) is 23.2 Å². The van der Waals surface area contributed by atoms with E-state index in [9.17, 15) is 17.2 Å². The minimum atomic E-state index is -4.12. The van der Waals surface area contributed by atoms with E-state index in [1.54, 1.807) is 7.05 Å². The summed E-state index contributed by atoms with van der Waals surface area (Å²) < 4.78 is 49.7. The lowest BCUT2D eigenvalue weighted by atomic mass is 10.2. The highest BCUT2D eigenvalue weighted by molar-refractivity contribution is 7.89. The van der Waals surface area contributed by atoms with E-state index >= 15 is 0 Å². The summed E-state index contributed by atoms with van der Waals surface area (Å²) in [6.45, 7) is -0.604. The largest absolute Gasteiger partial charge is 0.316 e. The fourth-order valence-electron chi connectivity index (χ4n) is 1.59. The maximum absolute atomic E-state index is 12.3. The van der Waals surface area contributed by atoms with Gasteiger partial charge in [-0.1, -0.05) is 23.2 Å². The van der Waals surface area contributed by atoms with Crippen molar-refractivity contribution in [3.63, 3.8) is 0 Å². The average Bonchev–Trinajstić information content (AvgIpc) is 2.32. The van der Waals surface area contributed by atoms with Gasteiger partial charge in [0.15, 0.2) is 0 Å². The molecule has 1 rings (SSSR count). The van der Waals surface area contributed by atoms with Gasteiger partial charge in [-0.15, -0.1) is 0 Å². The van der Waals surface area contributed by atoms with Gasteiger partial charge in [0.25, 0.3) is 6.43 Å². The lowest BCUT2D eigenvalue weighted by Gasteiger charge is -2.19. The summed E-state index contributed by atoms with van der Waals surface area (Å²) in [5.41, 5.74) is 0.477. The van der Waals surface area contributed by atoms with Gasteiger partial charge in [0, 0.05) is 18.6 Å². The van der Waals surface area contributed by atoms with Crippen molar-refractivity contribution in [1.82, 2.24) is 9.62 Å². The van der Waals surface area contributed by atoms with Gasteiger partial charge in [-0.25, -0.2) is 17.2 Å². The van der Waals surface area contributed by atoms with Crippen LogP contribution in [0.1, 0.15) is 5.56 Å². The lowest BCUT2D eigenvalue weighted by molar-refractivity contribution is 0.126. The first-order chi connectivity index (χ1) is 9.20. The first-order valence-electron chi connectivity index (χ1n) is 5.57. The van der Waals surface area contributed by atoms with Gasteiger partial charge in [-0.3, -0.25) is 0 Å². The topological polar surface area (TPSA) is 49.4 Å². The molecule has 0 unspecified atom stereocenters. The summed E-state index contributed by atoms with van der Waals surface area (Å²) in [7, 11) is -1.39. The van der Waals surface area contributed by atoms with Gasteiger partial charge >= 0.3 is 0 Å². The number of hydrogen-bond acceptors (Lipinski definition) is 3. The predicted molar refractivity (Wildman–Crippen MR) is 75.0 cm³/mol. The summed E-state index contributed by atoms with van der Waals surface area (Å²) >= 11 is 11.9. The Morgan fingerprint density at radius 3 is 2.45 bits per heavy atom. The molecule has 0 saturated heterocycles. The Morgan fingerprint density at radius 2 is 1.95 bits per heavy atom. The normalized spacial score (nSPS) is 12.4. The van der Waals surface area contributed by atoms with Crippen LogP contribution in [0.3, 0.4) is 0 Å². The molecule has 0 radical (unpaired) electrons. The second-order valence-corrected chi connectivity index (χ2v) is 6.91. The molecule has 0 atom stereocenters. The van der Waals surface area contributed by atoms with Crippen LogP contribution in [0.25, 0.3) is 0 Å². The van der Waals surface area contributed by atoms with Crippen LogP contribution < -0.4 is 5.32 Å². The van der Waals surface area contributed by atoms with E-state index in [0.717, 1.165) is 13.1 Å². The quantitative estimate of drug-likeness (QED) is 0.861. The van der Waals surface area contributed by atoms with Gasteiger partial charge in [0.2, 0.25) is 10.0 Å². The molecule has 1 aromatic carbocycles. The molecule has 9 heteroatoms. The van der Waals surface area contributed by atoms with Crippen LogP contribution in [0.15, 0.2) is 17.0 Å². The number of alkyl halides is 2. The molecule has 0 aliphatic heterocycles. The van der Waals surface area contributed by atoms with Crippen molar-refractivity contribution < 1.29 is 17.2 Å². The second kappa shape index (κ2) is 7.00. The number of hydrogen-bond donors (Lipinski definition) is 1. The van der Waals surface area contributed by atoms with Gasteiger partial charge in [-0.2, -0.15) is 4.31 Å². The number of benzene rings is 1. The Bertz CT molecular complexity index is 582. The minimum Gasteiger partial charge on any atom is -0.316 e. The van der Waals surface area contributed by atoms with Crippen LogP contribution in [0, 0.1) is 0 Å². The van der Waals surface area contributed by atoms with E-state index in [2.05, 4.69) is 5.32 Å². The molecular formula is C11H14Cl2F2N2O2S. The van der Waals surface area contributed by atoms with E-state index < -0.39 is 23.0 Å². The third-order valence-corrected chi connectivity index (χ3v) is 5.15. The van der Waals surface area contributed by atoms with Crippen LogP contribution in [-0.2, 0) is 16.6 Å². The standard InChI is InChI=1S/C11H14Cl2F2N2O2S/c1-16-5-7-3-8(12)4-9(11(7)13)20(18,19)17(2)6-10(14)15/h3-4,10,16H,5-6H2,1-2H3. The maximum atomic E-state index is 12.3. The zero-order valence-electron chi connectivity index (χ0n) is 10.8. The van der Waals surface area contributed by atoms with Gasteiger partial charge in [0.05, 0.1) is 11.6 Å². The third kappa shape index (κ3) is 4.02. The van der Waals surface area contributed by atoms with Crippen LogP contribution >= 0.6 is 23.2 Å². The number of sulfonamides is 1. The van der Waals surface area contributed by atoms with Gasteiger partial charge in [0.1, 0.15) is 4.90 Å². The van der Waals surface area contributed by atoms with Gasteiger partial charge < -0.3 is 5.32 Å². The van der Waals surface area contributed by atoms with Crippen molar-refractivity contribution in [3.8, 4) is 0 Å². The molecule has 0 fully saturated rings.